The molecule has 1 saturated heterocycles. The van der Waals surface area contributed by atoms with Crippen LogP contribution in [0.15, 0.2) is 12.1 Å². The Morgan fingerprint density at radius 3 is 2.73 bits per heavy atom. The molecule has 0 spiro atoms. The smallest absolute Gasteiger partial charge is 0.130 e. The first kappa shape index (κ1) is 15.6. The molecule has 4 heteroatoms. The summed E-state index contributed by atoms with van der Waals surface area (Å²) in [6, 6.07) is 4.24. The van der Waals surface area contributed by atoms with E-state index in [1.54, 1.807) is 14.2 Å². The predicted octanol–water partition coefficient (Wildman–Crippen LogP) is 2.97. The average molecular weight is 305 g/mol. The van der Waals surface area contributed by atoms with Crippen molar-refractivity contribution in [2.45, 2.75) is 50.7 Å². The molecular weight excluding hydrogens is 278 g/mol. The summed E-state index contributed by atoms with van der Waals surface area (Å²) in [6.07, 6.45) is 5.18. The van der Waals surface area contributed by atoms with E-state index in [9.17, 15) is 5.11 Å². The van der Waals surface area contributed by atoms with Crippen LogP contribution in [0.25, 0.3) is 0 Å². The van der Waals surface area contributed by atoms with E-state index in [1.807, 2.05) is 13.0 Å². The molecule has 0 unspecified atom stereocenters. The first-order valence-electron chi connectivity index (χ1n) is 8.28. The lowest BCUT2D eigenvalue weighted by Crippen LogP contribution is -2.53. The maximum Gasteiger partial charge on any atom is 0.130 e. The Morgan fingerprint density at radius 1 is 1.18 bits per heavy atom. The van der Waals surface area contributed by atoms with Crippen molar-refractivity contribution in [2.24, 2.45) is 5.92 Å². The van der Waals surface area contributed by atoms with Gasteiger partial charge in [-0.1, -0.05) is 18.9 Å². The number of nitrogens with one attached hydrogen (secondary N) is 1. The van der Waals surface area contributed by atoms with Crippen molar-refractivity contribution < 1.29 is 14.6 Å². The van der Waals surface area contributed by atoms with Crippen molar-refractivity contribution in [3.05, 3.63) is 23.3 Å². The highest BCUT2D eigenvalue weighted by atomic mass is 16.5. The minimum atomic E-state index is -0.521. The van der Waals surface area contributed by atoms with Crippen LogP contribution in [0.5, 0.6) is 11.5 Å². The molecule has 3 atom stereocenters. The SMILES string of the molecule is COc1ccc([C@@H]2NCC[C@@]3(O)CCCC[C@@H]23)c(OC)c1C. The highest BCUT2D eigenvalue weighted by Gasteiger charge is 2.46. The molecule has 0 bridgehead atoms. The average Bonchev–Trinajstić information content (AvgIpc) is 2.53. The quantitative estimate of drug-likeness (QED) is 0.901. The van der Waals surface area contributed by atoms with Gasteiger partial charge in [0.25, 0.3) is 0 Å². The number of hydrogen-bond donors (Lipinski definition) is 2. The molecule has 1 aromatic carbocycles. The maximum absolute atomic E-state index is 11.1. The van der Waals surface area contributed by atoms with Gasteiger partial charge in [-0.2, -0.15) is 0 Å². The zero-order valence-corrected chi connectivity index (χ0v) is 13.8. The predicted molar refractivity (Wildman–Crippen MR) is 86.6 cm³/mol. The zero-order chi connectivity index (χ0) is 15.7. The molecule has 0 amide bonds. The summed E-state index contributed by atoms with van der Waals surface area (Å²) in [5.41, 5.74) is 1.65. The number of ether oxygens (including phenoxy) is 2. The first-order valence-corrected chi connectivity index (χ1v) is 8.28. The standard InChI is InChI=1S/C18H27NO3/c1-12-15(21-2)8-7-13(17(12)22-3)16-14-6-4-5-9-18(14,20)10-11-19-16/h7-8,14,16,19-20H,4-6,9-11H2,1-3H3/t14-,16-,18-/m0/s1. The van der Waals surface area contributed by atoms with Crippen LogP contribution >= 0.6 is 0 Å². The lowest BCUT2D eigenvalue weighted by Gasteiger charge is -2.48. The van der Waals surface area contributed by atoms with E-state index in [0.717, 1.165) is 54.9 Å². The summed E-state index contributed by atoms with van der Waals surface area (Å²) in [5.74, 6) is 1.98. The minimum absolute atomic E-state index is 0.151. The highest BCUT2D eigenvalue weighted by Crippen LogP contribution is 2.48. The lowest BCUT2D eigenvalue weighted by atomic mass is 9.66. The molecule has 1 heterocycles. The summed E-state index contributed by atoms with van der Waals surface area (Å²) in [7, 11) is 3.39. The van der Waals surface area contributed by atoms with Gasteiger partial charge in [-0.05, 0) is 38.8 Å². The molecule has 2 N–H and O–H groups in total. The Balaban J connectivity index is 2.01. The Labute approximate surface area is 132 Å². The van der Waals surface area contributed by atoms with Crippen LogP contribution in [-0.4, -0.2) is 31.5 Å². The van der Waals surface area contributed by atoms with Crippen LogP contribution < -0.4 is 14.8 Å². The first-order chi connectivity index (χ1) is 10.6. The summed E-state index contributed by atoms with van der Waals surface area (Å²) in [4.78, 5) is 0. The fourth-order valence-electron chi connectivity index (χ4n) is 4.38. The third kappa shape index (κ3) is 2.48. The van der Waals surface area contributed by atoms with Crippen LogP contribution in [0.2, 0.25) is 0 Å². The number of methoxy groups -OCH3 is 2. The van der Waals surface area contributed by atoms with Crippen molar-refractivity contribution in [3.8, 4) is 11.5 Å². The van der Waals surface area contributed by atoms with E-state index >= 15 is 0 Å². The van der Waals surface area contributed by atoms with Gasteiger partial charge in [0.2, 0.25) is 0 Å². The van der Waals surface area contributed by atoms with Crippen molar-refractivity contribution in [1.29, 1.82) is 0 Å². The number of rotatable bonds is 3. The maximum atomic E-state index is 11.1. The summed E-state index contributed by atoms with van der Waals surface area (Å²) in [5, 5.41) is 14.7. The fraction of sp³-hybridized carbons (Fsp3) is 0.667. The van der Waals surface area contributed by atoms with E-state index in [-0.39, 0.29) is 12.0 Å². The molecule has 2 aliphatic rings. The zero-order valence-electron chi connectivity index (χ0n) is 13.8. The molecule has 1 aromatic rings. The largest absolute Gasteiger partial charge is 0.496 e. The van der Waals surface area contributed by atoms with Gasteiger partial charge in [0.1, 0.15) is 11.5 Å². The third-order valence-electron chi connectivity index (χ3n) is 5.54. The molecule has 1 aliphatic heterocycles. The fourth-order valence-corrected chi connectivity index (χ4v) is 4.38. The number of hydrogen-bond acceptors (Lipinski definition) is 4. The van der Waals surface area contributed by atoms with Crippen molar-refractivity contribution in [1.82, 2.24) is 5.32 Å². The number of piperidine rings is 1. The minimum Gasteiger partial charge on any atom is -0.496 e. The van der Waals surface area contributed by atoms with Crippen LogP contribution in [0.4, 0.5) is 0 Å². The lowest BCUT2D eigenvalue weighted by molar-refractivity contribution is -0.0863. The van der Waals surface area contributed by atoms with Crippen molar-refractivity contribution in [2.75, 3.05) is 20.8 Å². The van der Waals surface area contributed by atoms with E-state index in [2.05, 4.69) is 11.4 Å². The number of fused-ring (bicyclic) bond motifs is 1. The Hall–Kier alpha value is -1.26. The van der Waals surface area contributed by atoms with E-state index < -0.39 is 5.60 Å². The number of benzene rings is 1. The van der Waals surface area contributed by atoms with Gasteiger partial charge >= 0.3 is 0 Å². The summed E-state index contributed by atoms with van der Waals surface area (Å²) >= 11 is 0. The van der Waals surface area contributed by atoms with Gasteiger partial charge in [-0.25, -0.2) is 0 Å². The second-order valence-electron chi connectivity index (χ2n) is 6.65. The molecule has 0 aromatic heterocycles. The van der Waals surface area contributed by atoms with Gasteiger partial charge in [0.05, 0.1) is 19.8 Å². The van der Waals surface area contributed by atoms with Gasteiger partial charge < -0.3 is 19.9 Å². The van der Waals surface area contributed by atoms with Gasteiger partial charge in [0.15, 0.2) is 0 Å². The Morgan fingerprint density at radius 2 is 2.00 bits per heavy atom. The third-order valence-corrected chi connectivity index (χ3v) is 5.54. The van der Waals surface area contributed by atoms with Crippen LogP contribution in [0.1, 0.15) is 49.3 Å². The molecule has 1 saturated carbocycles. The van der Waals surface area contributed by atoms with E-state index in [0.29, 0.717) is 0 Å². The molecule has 2 fully saturated rings. The van der Waals surface area contributed by atoms with Crippen LogP contribution in [-0.2, 0) is 0 Å². The second kappa shape index (κ2) is 6.09. The monoisotopic (exact) mass is 305 g/mol. The normalized spacial score (nSPS) is 31.5. The number of aliphatic hydroxyl groups is 1. The highest BCUT2D eigenvalue weighted by molar-refractivity contribution is 5.51. The molecular formula is C18H27NO3. The summed E-state index contributed by atoms with van der Waals surface area (Å²) in [6.45, 7) is 2.88. The van der Waals surface area contributed by atoms with Crippen molar-refractivity contribution in [3.63, 3.8) is 0 Å². The molecule has 22 heavy (non-hydrogen) atoms. The molecule has 122 valence electrons. The van der Waals surface area contributed by atoms with Gasteiger partial charge in [0, 0.05) is 23.1 Å². The van der Waals surface area contributed by atoms with E-state index in [1.165, 1.54) is 6.42 Å². The molecule has 3 rings (SSSR count). The topological polar surface area (TPSA) is 50.7 Å². The Bertz CT molecular complexity index is 541. The molecule has 0 radical (unpaired) electrons. The van der Waals surface area contributed by atoms with E-state index in [4.69, 9.17) is 9.47 Å². The van der Waals surface area contributed by atoms with Gasteiger partial charge in [-0.15, -0.1) is 0 Å². The van der Waals surface area contributed by atoms with Gasteiger partial charge in [-0.3, -0.25) is 0 Å². The van der Waals surface area contributed by atoms with Crippen LogP contribution in [0.3, 0.4) is 0 Å². The van der Waals surface area contributed by atoms with Crippen molar-refractivity contribution >= 4 is 0 Å². The Kier molecular flexibility index (Phi) is 4.33. The molecule has 1 aliphatic carbocycles. The second-order valence-corrected chi connectivity index (χ2v) is 6.65. The van der Waals surface area contributed by atoms with Crippen LogP contribution in [0, 0.1) is 12.8 Å². The summed E-state index contributed by atoms with van der Waals surface area (Å²) < 4.78 is 11.1. The molecule has 4 nitrogen and oxygen atoms in total.